The summed E-state index contributed by atoms with van der Waals surface area (Å²) >= 11 is 0. The van der Waals surface area contributed by atoms with Crippen molar-refractivity contribution in [3.05, 3.63) is 77.9 Å². The van der Waals surface area contributed by atoms with Crippen LogP contribution in [0.1, 0.15) is 15.9 Å². The highest BCUT2D eigenvalue weighted by Crippen LogP contribution is 2.38. The van der Waals surface area contributed by atoms with Gasteiger partial charge in [0, 0.05) is 16.9 Å². The first kappa shape index (κ1) is 21.7. The average molecular weight is 420 g/mol. The Hall–Kier alpha value is -4.00. The van der Waals surface area contributed by atoms with Crippen molar-refractivity contribution in [2.24, 2.45) is 0 Å². The second-order valence-electron chi connectivity index (χ2n) is 6.66. The molecular weight excluding hydrogens is 396 g/mol. The molecule has 0 heterocycles. The van der Waals surface area contributed by atoms with Crippen molar-refractivity contribution >= 4 is 23.2 Å². The molecule has 0 aromatic heterocycles. The maximum absolute atomic E-state index is 12.8. The summed E-state index contributed by atoms with van der Waals surface area (Å²) in [5, 5.41) is 5.67. The van der Waals surface area contributed by atoms with Gasteiger partial charge in [0.2, 0.25) is 11.7 Å². The lowest BCUT2D eigenvalue weighted by Gasteiger charge is -2.14. The summed E-state index contributed by atoms with van der Waals surface area (Å²) < 4.78 is 15.9. The molecule has 160 valence electrons. The third-order valence-electron chi connectivity index (χ3n) is 4.54. The van der Waals surface area contributed by atoms with E-state index in [-0.39, 0.29) is 18.2 Å². The lowest BCUT2D eigenvalue weighted by Crippen LogP contribution is -2.15. The van der Waals surface area contributed by atoms with Gasteiger partial charge in [-0.15, -0.1) is 0 Å². The average Bonchev–Trinajstić information content (AvgIpc) is 2.78. The van der Waals surface area contributed by atoms with E-state index in [0.29, 0.717) is 34.2 Å². The van der Waals surface area contributed by atoms with Crippen LogP contribution in [0.2, 0.25) is 0 Å². The largest absolute Gasteiger partial charge is 0.493 e. The third-order valence-corrected chi connectivity index (χ3v) is 4.54. The summed E-state index contributed by atoms with van der Waals surface area (Å²) in [6.45, 7) is 0. The highest BCUT2D eigenvalue weighted by atomic mass is 16.5. The lowest BCUT2D eigenvalue weighted by molar-refractivity contribution is -0.115. The minimum absolute atomic E-state index is 0.140. The van der Waals surface area contributed by atoms with E-state index in [4.69, 9.17) is 14.2 Å². The van der Waals surface area contributed by atoms with Crippen LogP contribution in [0.3, 0.4) is 0 Å². The van der Waals surface area contributed by atoms with Crippen molar-refractivity contribution in [1.82, 2.24) is 0 Å². The fraction of sp³-hybridized carbons (Fsp3) is 0.167. The highest BCUT2D eigenvalue weighted by molar-refractivity contribution is 6.05. The SMILES string of the molecule is COc1cc(C(=O)Nc2cccc(NC(=O)Cc3ccccc3)c2)cc(OC)c1OC. The predicted molar refractivity (Wildman–Crippen MR) is 119 cm³/mol. The molecular formula is C24H24N2O5. The summed E-state index contributed by atoms with van der Waals surface area (Å²) in [4.78, 5) is 25.1. The number of anilines is 2. The van der Waals surface area contributed by atoms with Gasteiger partial charge in [-0.3, -0.25) is 9.59 Å². The molecule has 0 spiro atoms. The number of methoxy groups -OCH3 is 3. The molecule has 2 N–H and O–H groups in total. The zero-order valence-electron chi connectivity index (χ0n) is 17.6. The fourth-order valence-electron chi connectivity index (χ4n) is 3.08. The number of amides is 2. The van der Waals surface area contributed by atoms with E-state index in [1.165, 1.54) is 21.3 Å². The first-order valence-corrected chi connectivity index (χ1v) is 9.59. The van der Waals surface area contributed by atoms with Gasteiger partial charge in [0.05, 0.1) is 27.8 Å². The second-order valence-corrected chi connectivity index (χ2v) is 6.66. The van der Waals surface area contributed by atoms with E-state index in [2.05, 4.69) is 10.6 Å². The van der Waals surface area contributed by atoms with Crippen molar-refractivity contribution in [3.63, 3.8) is 0 Å². The van der Waals surface area contributed by atoms with Crippen LogP contribution in [-0.2, 0) is 11.2 Å². The standard InChI is InChI=1S/C24H24N2O5/c1-29-20-13-17(14-21(30-2)23(20)31-3)24(28)26-19-11-7-10-18(15-19)25-22(27)12-16-8-5-4-6-9-16/h4-11,13-15H,12H2,1-3H3,(H,25,27)(H,26,28). The summed E-state index contributed by atoms with van der Waals surface area (Å²) in [5.74, 6) is 0.679. The summed E-state index contributed by atoms with van der Waals surface area (Å²) in [6, 6.07) is 19.6. The van der Waals surface area contributed by atoms with Gasteiger partial charge in [-0.05, 0) is 35.9 Å². The second kappa shape index (κ2) is 10.2. The van der Waals surface area contributed by atoms with Crippen LogP contribution in [0.25, 0.3) is 0 Å². The first-order chi connectivity index (χ1) is 15.0. The lowest BCUT2D eigenvalue weighted by atomic mass is 10.1. The van der Waals surface area contributed by atoms with Gasteiger partial charge in [0.25, 0.3) is 5.91 Å². The van der Waals surface area contributed by atoms with Crippen LogP contribution in [0, 0.1) is 0 Å². The number of rotatable bonds is 8. The zero-order chi connectivity index (χ0) is 22.2. The van der Waals surface area contributed by atoms with Gasteiger partial charge in [0.1, 0.15) is 0 Å². The van der Waals surface area contributed by atoms with Crippen molar-refractivity contribution in [1.29, 1.82) is 0 Å². The van der Waals surface area contributed by atoms with Crippen LogP contribution in [0.15, 0.2) is 66.7 Å². The van der Waals surface area contributed by atoms with Gasteiger partial charge in [-0.25, -0.2) is 0 Å². The molecule has 0 radical (unpaired) electrons. The molecule has 0 saturated heterocycles. The van der Waals surface area contributed by atoms with E-state index in [1.54, 1.807) is 36.4 Å². The molecule has 0 aliphatic rings. The first-order valence-electron chi connectivity index (χ1n) is 9.59. The number of nitrogens with one attached hydrogen (secondary N) is 2. The number of hydrogen-bond acceptors (Lipinski definition) is 5. The molecule has 0 unspecified atom stereocenters. The van der Waals surface area contributed by atoms with Gasteiger partial charge >= 0.3 is 0 Å². The minimum atomic E-state index is -0.355. The Labute approximate surface area is 180 Å². The molecule has 3 aromatic rings. The molecule has 7 heteroatoms. The zero-order valence-corrected chi connectivity index (χ0v) is 17.6. The molecule has 3 rings (SSSR count). The Morgan fingerprint density at radius 2 is 1.35 bits per heavy atom. The number of ether oxygens (including phenoxy) is 3. The number of carbonyl (C=O) groups is 2. The van der Waals surface area contributed by atoms with Crippen molar-refractivity contribution in [2.45, 2.75) is 6.42 Å². The molecule has 2 amide bonds. The number of hydrogen-bond donors (Lipinski definition) is 2. The normalized spacial score (nSPS) is 10.2. The topological polar surface area (TPSA) is 85.9 Å². The maximum atomic E-state index is 12.8. The molecule has 3 aromatic carbocycles. The molecule has 0 aliphatic carbocycles. The predicted octanol–water partition coefficient (Wildman–Crippen LogP) is 4.15. The van der Waals surface area contributed by atoms with Gasteiger partial charge < -0.3 is 24.8 Å². The van der Waals surface area contributed by atoms with Crippen molar-refractivity contribution in [3.8, 4) is 17.2 Å². The maximum Gasteiger partial charge on any atom is 0.255 e. The molecule has 0 bridgehead atoms. The highest BCUT2D eigenvalue weighted by Gasteiger charge is 2.17. The fourth-order valence-corrected chi connectivity index (χ4v) is 3.08. The molecule has 0 aliphatic heterocycles. The van der Waals surface area contributed by atoms with Crippen LogP contribution in [-0.4, -0.2) is 33.1 Å². The molecule has 0 atom stereocenters. The van der Waals surface area contributed by atoms with Crippen molar-refractivity contribution in [2.75, 3.05) is 32.0 Å². The van der Waals surface area contributed by atoms with Crippen LogP contribution < -0.4 is 24.8 Å². The minimum Gasteiger partial charge on any atom is -0.493 e. The molecule has 0 saturated carbocycles. The Bertz CT molecular complexity index is 1040. The Kier molecular flexibility index (Phi) is 7.11. The summed E-state index contributed by atoms with van der Waals surface area (Å²) in [7, 11) is 4.47. The number of carbonyl (C=O) groups excluding carboxylic acids is 2. The van der Waals surface area contributed by atoms with Crippen LogP contribution in [0.5, 0.6) is 17.2 Å². The van der Waals surface area contributed by atoms with E-state index in [9.17, 15) is 9.59 Å². The molecule has 0 fully saturated rings. The summed E-state index contributed by atoms with van der Waals surface area (Å²) in [6.07, 6.45) is 0.267. The monoisotopic (exact) mass is 420 g/mol. The number of benzene rings is 3. The third kappa shape index (κ3) is 5.54. The van der Waals surface area contributed by atoms with Gasteiger partial charge in [-0.2, -0.15) is 0 Å². The molecule has 7 nitrogen and oxygen atoms in total. The van der Waals surface area contributed by atoms with Crippen LogP contribution >= 0.6 is 0 Å². The smallest absolute Gasteiger partial charge is 0.255 e. The van der Waals surface area contributed by atoms with E-state index in [1.807, 2.05) is 30.3 Å². The van der Waals surface area contributed by atoms with Gasteiger partial charge in [-0.1, -0.05) is 36.4 Å². The van der Waals surface area contributed by atoms with E-state index >= 15 is 0 Å². The van der Waals surface area contributed by atoms with Crippen molar-refractivity contribution < 1.29 is 23.8 Å². The quantitative estimate of drug-likeness (QED) is 0.572. The Balaban J connectivity index is 1.72. The Morgan fingerprint density at radius 3 is 1.94 bits per heavy atom. The summed E-state index contributed by atoms with van der Waals surface area (Å²) in [5.41, 5.74) is 2.39. The van der Waals surface area contributed by atoms with Gasteiger partial charge in [0.15, 0.2) is 11.5 Å². The molecule has 31 heavy (non-hydrogen) atoms. The van der Waals surface area contributed by atoms with Crippen LogP contribution in [0.4, 0.5) is 11.4 Å². The van der Waals surface area contributed by atoms with E-state index < -0.39 is 0 Å². The van der Waals surface area contributed by atoms with E-state index in [0.717, 1.165) is 5.56 Å². The Morgan fingerprint density at radius 1 is 0.742 bits per heavy atom.